The van der Waals surface area contributed by atoms with Gasteiger partial charge in [-0.05, 0) is 173 Å². The zero-order valence-corrected chi connectivity index (χ0v) is 23.2. The normalized spacial score (nSPS) is 14.3. The van der Waals surface area contributed by atoms with Crippen molar-refractivity contribution in [3.63, 3.8) is 0 Å². The molecule has 0 heterocycles. The number of rotatable bonds is 0. The first-order valence-electron chi connectivity index (χ1n) is 15.3. The molecule has 4 aliphatic rings. The van der Waals surface area contributed by atoms with E-state index in [9.17, 15) is 0 Å². The summed E-state index contributed by atoms with van der Waals surface area (Å²) >= 11 is 0. The van der Waals surface area contributed by atoms with Gasteiger partial charge in [0.25, 0.3) is 0 Å². The van der Waals surface area contributed by atoms with Crippen molar-refractivity contribution in [2.75, 3.05) is 0 Å². The fraction of sp³-hybridized carbons (Fsp3) is 0.0952. The Bertz CT molecular complexity index is 2230. The maximum Gasteiger partial charge on any atom is -0.00102 e. The Morgan fingerprint density at radius 3 is 1.00 bits per heavy atom. The smallest absolute Gasteiger partial charge is 0.00102 e. The molecule has 0 bridgehead atoms. The second kappa shape index (κ2) is 7.46. The van der Waals surface area contributed by atoms with Crippen LogP contribution in [-0.2, 0) is 25.7 Å². The number of benzene rings is 7. The van der Waals surface area contributed by atoms with Crippen molar-refractivity contribution in [2.45, 2.75) is 25.7 Å². The Kier molecular flexibility index (Phi) is 3.87. The Morgan fingerprint density at radius 1 is 0.262 bits per heavy atom. The summed E-state index contributed by atoms with van der Waals surface area (Å²) in [5.74, 6) is 0. The lowest BCUT2D eigenvalue weighted by Crippen LogP contribution is -1.91. The molecule has 0 amide bonds. The molecule has 0 aliphatic heterocycles. The van der Waals surface area contributed by atoms with Gasteiger partial charge in [0.1, 0.15) is 0 Å². The lowest BCUT2D eigenvalue weighted by atomic mass is 9.95. The first-order valence-corrected chi connectivity index (χ1v) is 15.3. The van der Waals surface area contributed by atoms with E-state index < -0.39 is 0 Å². The van der Waals surface area contributed by atoms with Gasteiger partial charge >= 0.3 is 0 Å². The Labute approximate surface area is 244 Å². The quantitative estimate of drug-likeness (QED) is 0.183. The summed E-state index contributed by atoms with van der Waals surface area (Å²) in [5.41, 5.74) is 23.6. The number of hydrogen-bond donors (Lipinski definition) is 0. The number of fused-ring (bicyclic) bond motifs is 15. The topological polar surface area (TPSA) is 0 Å². The van der Waals surface area contributed by atoms with Gasteiger partial charge in [0.15, 0.2) is 0 Å². The molecular formula is C42H26. The van der Waals surface area contributed by atoms with Gasteiger partial charge in [0, 0.05) is 0 Å². The van der Waals surface area contributed by atoms with Gasteiger partial charge in [0.2, 0.25) is 0 Å². The van der Waals surface area contributed by atoms with E-state index >= 15 is 0 Å². The molecule has 7 aromatic carbocycles. The molecule has 0 atom stereocenters. The van der Waals surface area contributed by atoms with E-state index in [-0.39, 0.29) is 0 Å². The first-order chi connectivity index (χ1) is 20.7. The molecule has 0 heteroatoms. The average Bonchev–Trinajstić information content (AvgIpc) is 3.76. The highest BCUT2D eigenvalue weighted by atomic mass is 14.4. The third-order valence-electron chi connectivity index (χ3n) is 10.7. The predicted molar refractivity (Wildman–Crippen MR) is 174 cm³/mol. The van der Waals surface area contributed by atoms with Gasteiger partial charge in [0.05, 0.1) is 0 Å². The molecule has 0 radical (unpaired) electrons. The minimum absolute atomic E-state index is 1.04. The molecule has 7 aromatic rings. The van der Waals surface area contributed by atoms with Crippen molar-refractivity contribution in [1.82, 2.24) is 0 Å². The van der Waals surface area contributed by atoms with Gasteiger partial charge in [-0.2, -0.15) is 0 Å². The SMILES string of the molecule is c1ccc2cc3c(cc2c1)Cc1cc2c(cc1-3)Cc1c-2ccc2c1Cc1cc3c(cc1-2)Cc1cc2ccccc2cc1-3. The summed E-state index contributed by atoms with van der Waals surface area (Å²) in [4.78, 5) is 0. The van der Waals surface area contributed by atoms with Crippen LogP contribution >= 0.6 is 0 Å². The number of hydrogen-bond acceptors (Lipinski definition) is 0. The third kappa shape index (κ3) is 2.73. The molecule has 0 fully saturated rings. The third-order valence-corrected chi connectivity index (χ3v) is 10.7. The molecule has 0 saturated heterocycles. The standard InChI is InChI=1S/C42H26/c1-3-7-25-15-37-27(11-23(25)5-1)13-29-17-35-31(19-39(29)37)21-41-33(35)9-10-34-36-18-30-14-28-12-24-6-2-4-8-26(24)16-38(28)40(30)20-32(36)22-42(34)41/h1-12,15-20H,13-14,21-22H2. The second-order valence-electron chi connectivity index (χ2n) is 12.9. The van der Waals surface area contributed by atoms with E-state index in [0.29, 0.717) is 0 Å². The van der Waals surface area contributed by atoms with Crippen LogP contribution in [-0.4, -0.2) is 0 Å². The van der Waals surface area contributed by atoms with Crippen molar-refractivity contribution in [2.24, 2.45) is 0 Å². The summed E-state index contributed by atoms with van der Waals surface area (Å²) in [7, 11) is 0. The minimum atomic E-state index is 1.04. The first kappa shape index (κ1) is 21.8. The molecule has 0 unspecified atom stereocenters. The van der Waals surface area contributed by atoms with E-state index in [0.717, 1.165) is 25.7 Å². The van der Waals surface area contributed by atoms with Crippen LogP contribution in [0.25, 0.3) is 66.1 Å². The van der Waals surface area contributed by atoms with Crippen molar-refractivity contribution in [3.8, 4) is 44.5 Å². The largest absolute Gasteiger partial charge is 0.0616 e. The molecule has 0 nitrogen and oxygen atoms in total. The van der Waals surface area contributed by atoms with Gasteiger partial charge in [-0.3, -0.25) is 0 Å². The molecule has 0 spiro atoms. The summed E-state index contributed by atoms with van der Waals surface area (Å²) in [6, 6.07) is 42.1. The second-order valence-corrected chi connectivity index (χ2v) is 12.9. The van der Waals surface area contributed by atoms with Crippen LogP contribution in [0.4, 0.5) is 0 Å². The molecular weight excluding hydrogens is 504 g/mol. The molecule has 4 aliphatic carbocycles. The fourth-order valence-electron chi connectivity index (χ4n) is 8.73. The Morgan fingerprint density at radius 2 is 0.571 bits per heavy atom. The highest BCUT2D eigenvalue weighted by Crippen LogP contribution is 2.51. The van der Waals surface area contributed by atoms with E-state index in [4.69, 9.17) is 0 Å². The predicted octanol–water partition coefficient (Wildman–Crippen LogP) is 10.3. The fourth-order valence-corrected chi connectivity index (χ4v) is 8.73. The molecule has 42 heavy (non-hydrogen) atoms. The van der Waals surface area contributed by atoms with E-state index in [1.165, 1.54) is 99.4 Å². The average molecular weight is 531 g/mol. The summed E-state index contributed by atoms with van der Waals surface area (Å²) < 4.78 is 0. The van der Waals surface area contributed by atoms with Gasteiger partial charge < -0.3 is 0 Å². The highest BCUT2D eigenvalue weighted by Gasteiger charge is 2.32. The van der Waals surface area contributed by atoms with E-state index in [2.05, 4.69) is 109 Å². The van der Waals surface area contributed by atoms with Crippen molar-refractivity contribution in [1.29, 1.82) is 0 Å². The van der Waals surface area contributed by atoms with Crippen LogP contribution in [0.5, 0.6) is 0 Å². The van der Waals surface area contributed by atoms with Gasteiger partial charge in [-0.15, -0.1) is 0 Å². The maximum absolute atomic E-state index is 2.52. The van der Waals surface area contributed by atoms with Crippen LogP contribution in [0, 0.1) is 0 Å². The van der Waals surface area contributed by atoms with E-state index in [1.807, 2.05) is 0 Å². The zero-order valence-electron chi connectivity index (χ0n) is 23.2. The monoisotopic (exact) mass is 530 g/mol. The summed E-state index contributed by atoms with van der Waals surface area (Å²) in [6.07, 6.45) is 4.17. The van der Waals surface area contributed by atoms with Crippen molar-refractivity contribution < 1.29 is 0 Å². The van der Waals surface area contributed by atoms with E-state index in [1.54, 1.807) is 11.1 Å². The van der Waals surface area contributed by atoms with Gasteiger partial charge in [-0.25, -0.2) is 0 Å². The minimum Gasteiger partial charge on any atom is -0.0616 e. The molecule has 11 rings (SSSR count). The highest BCUT2D eigenvalue weighted by molar-refractivity contribution is 5.96. The lowest BCUT2D eigenvalue weighted by Gasteiger charge is -2.09. The lowest BCUT2D eigenvalue weighted by molar-refractivity contribution is 1.16. The Hall–Kier alpha value is -4.94. The summed E-state index contributed by atoms with van der Waals surface area (Å²) in [5, 5.41) is 5.37. The molecule has 0 saturated carbocycles. The molecule has 0 aromatic heterocycles. The zero-order chi connectivity index (χ0) is 27.1. The molecule has 0 N–H and O–H groups in total. The van der Waals surface area contributed by atoms with Crippen molar-refractivity contribution >= 4 is 21.5 Å². The van der Waals surface area contributed by atoms with Crippen LogP contribution in [0.1, 0.15) is 44.5 Å². The van der Waals surface area contributed by atoms with Crippen molar-refractivity contribution in [3.05, 3.63) is 154 Å². The summed E-state index contributed by atoms with van der Waals surface area (Å²) in [6.45, 7) is 0. The van der Waals surface area contributed by atoms with Crippen LogP contribution in [0.15, 0.2) is 109 Å². The van der Waals surface area contributed by atoms with Crippen LogP contribution < -0.4 is 0 Å². The van der Waals surface area contributed by atoms with Gasteiger partial charge in [-0.1, -0.05) is 72.8 Å². The van der Waals surface area contributed by atoms with Crippen LogP contribution in [0.2, 0.25) is 0 Å². The maximum atomic E-state index is 2.52. The van der Waals surface area contributed by atoms with Crippen LogP contribution in [0.3, 0.4) is 0 Å². The molecule has 194 valence electrons. The Balaban J connectivity index is 0.999.